The maximum absolute atomic E-state index is 14.0. The van der Waals surface area contributed by atoms with E-state index in [1.165, 1.54) is 30.4 Å². The molecular weight excluding hydrogens is 486 g/mol. The second-order valence-electron chi connectivity index (χ2n) is 12.9. The van der Waals surface area contributed by atoms with Crippen molar-refractivity contribution in [1.29, 1.82) is 0 Å². The molecule has 4 aromatic rings. The molecule has 5 heterocycles. The van der Waals surface area contributed by atoms with Gasteiger partial charge in [-0.25, -0.2) is 0 Å². The molecule has 202 valence electrons. The van der Waals surface area contributed by atoms with Crippen molar-refractivity contribution in [3.63, 3.8) is 0 Å². The first kappa shape index (κ1) is 23.6. The number of H-pyrrole nitrogens is 1. The van der Waals surface area contributed by atoms with Gasteiger partial charge in [0.25, 0.3) is 5.56 Å². The third-order valence-electron chi connectivity index (χ3n) is 10.1. The summed E-state index contributed by atoms with van der Waals surface area (Å²) >= 11 is 0. The van der Waals surface area contributed by atoms with Gasteiger partial charge in [0.15, 0.2) is 0 Å². The van der Waals surface area contributed by atoms with Gasteiger partial charge in [0.05, 0.1) is 5.41 Å². The second-order valence-corrected chi connectivity index (χ2v) is 12.9. The average molecular weight is 524 g/mol. The molecule has 2 saturated carbocycles. The Morgan fingerprint density at radius 1 is 1.10 bits per heavy atom. The number of fused-ring (bicyclic) bond motifs is 3. The molecule has 2 atom stereocenters. The second kappa shape index (κ2) is 8.38. The Balaban J connectivity index is 1.19. The number of aryl methyl sites for hydroxylation is 1. The predicted octanol–water partition coefficient (Wildman–Crippen LogP) is 3.93. The van der Waals surface area contributed by atoms with Crippen LogP contribution in [0.3, 0.4) is 0 Å². The maximum atomic E-state index is 14.0. The Hall–Kier alpha value is -3.23. The highest BCUT2D eigenvalue weighted by atomic mass is 16.1. The average Bonchev–Trinajstić information content (AvgIpc) is 3.18. The van der Waals surface area contributed by atoms with Crippen molar-refractivity contribution in [2.75, 3.05) is 20.1 Å². The minimum atomic E-state index is -0.156. The molecular formula is C31H37N7O. The van der Waals surface area contributed by atoms with Gasteiger partial charge in [-0.05, 0) is 80.3 Å². The fourth-order valence-electron chi connectivity index (χ4n) is 8.00. The standard InChI is InChI=1S/C31H37N7O/c1-19-12-31(13-19,30-34-32-18-36(30)3)21-5-4-6-23(9-21)38-17-27(20-7-8-20)26-10-22(33-28(26)29(38)39)14-37-16-24-11-25(37)15-35(24)2/h4-6,9-10,17-20,24-25,33H,7-8,11-16H2,1-3H3/t19?,24-,25-,31?/m0/s1. The van der Waals surface area contributed by atoms with E-state index in [4.69, 9.17) is 0 Å². The lowest BCUT2D eigenvalue weighted by Crippen LogP contribution is -2.43. The van der Waals surface area contributed by atoms with E-state index in [9.17, 15) is 4.79 Å². The van der Waals surface area contributed by atoms with Crippen LogP contribution in [0.4, 0.5) is 0 Å². The number of rotatable bonds is 6. The normalized spacial score (nSPS) is 28.9. The molecule has 0 radical (unpaired) electrons. The van der Waals surface area contributed by atoms with Crippen molar-refractivity contribution in [3.05, 3.63) is 75.9 Å². The van der Waals surface area contributed by atoms with Gasteiger partial charge in [-0.15, -0.1) is 10.2 Å². The molecule has 0 spiro atoms. The molecule has 0 unspecified atom stereocenters. The summed E-state index contributed by atoms with van der Waals surface area (Å²) in [5.41, 5.74) is 5.25. The van der Waals surface area contributed by atoms with Crippen LogP contribution in [-0.2, 0) is 19.0 Å². The van der Waals surface area contributed by atoms with E-state index in [2.05, 4.69) is 75.5 Å². The zero-order valence-corrected chi connectivity index (χ0v) is 23.1. The number of aromatic nitrogens is 5. The number of hydrogen-bond donors (Lipinski definition) is 1. The molecule has 2 aliphatic carbocycles. The Morgan fingerprint density at radius 3 is 2.62 bits per heavy atom. The number of aromatic amines is 1. The van der Waals surface area contributed by atoms with Gasteiger partial charge >= 0.3 is 0 Å². The SMILES string of the molecule is CC1CC(c2cccc(-n3cc(C4CC4)c4cc(CN5C[C@@H]6C[C@H]5CN6C)[nH]c4c3=O)c2)(c2nncn2C)C1. The molecule has 3 aromatic heterocycles. The van der Waals surface area contributed by atoms with Gasteiger partial charge in [0.2, 0.25) is 0 Å². The van der Waals surface area contributed by atoms with Crippen molar-refractivity contribution in [3.8, 4) is 5.69 Å². The predicted molar refractivity (Wildman–Crippen MR) is 151 cm³/mol. The van der Waals surface area contributed by atoms with Crippen LogP contribution in [0.1, 0.15) is 67.6 Å². The summed E-state index contributed by atoms with van der Waals surface area (Å²) in [4.78, 5) is 22.7. The highest BCUT2D eigenvalue weighted by Crippen LogP contribution is 2.51. The number of nitrogens with zero attached hydrogens (tertiary/aromatic N) is 6. The van der Waals surface area contributed by atoms with E-state index in [0.29, 0.717) is 23.9 Å². The summed E-state index contributed by atoms with van der Waals surface area (Å²) in [5, 5.41) is 9.83. The van der Waals surface area contributed by atoms with E-state index in [-0.39, 0.29) is 11.0 Å². The molecule has 4 aliphatic rings. The number of piperazine rings is 1. The van der Waals surface area contributed by atoms with Crippen molar-refractivity contribution < 1.29 is 0 Å². The summed E-state index contributed by atoms with van der Waals surface area (Å²) in [7, 11) is 4.27. The summed E-state index contributed by atoms with van der Waals surface area (Å²) in [6.07, 6.45) is 9.66. The lowest BCUT2D eigenvalue weighted by atomic mass is 9.58. The molecule has 2 aliphatic heterocycles. The summed E-state index contributed by atoms with van der Waals surface area (Å²) in [5.74, 6) is 2.18. The molecule has 39 heavy (non-hydrogen) atoms. The zero-order chi connectivity index (χ0) is 26.5. The highest BCUT2D eigenvalue weighted by molar-refractivity contribution is 5.84. The van der Waals surface area contributed by atoms with Gasteiger partial charge in [-0.1, -0.05) is 19.1 Å². The first-order valence-corrected chi connectivity index (χ1v) is 14.6. The lowest BCUT2D eigenvalue weighted by Gasteiger charge is -2.46. The Kier molecular flexibility index (Phi) is 5.08. The fraction of sp³-hybridized carbons (Fsp3) is 0.516. The Morgan fingerprint density at radius 2 is 1.95 bits per heavy atom. The van der Waals surface area contributed by atoms with Gasteiger partial charge in [0.1, 0.15) is 17.7 Å². The van der Waals surface area contributed by atoms with E-state index < -0.39 is 0 Å². The minimum absolute atomic E-state index is 0.0372. The molecule has 4 fully saturated rings. The quantitative estimate of drug-likeness (QED) is 0.415. The topological polar surface area (TPSA) is 75.0 Å². The van der Waals surface area contributed by atoms with Crippen LogP contribution in [0.25, 0.3) is 16.6 Å². The van der Waals surface area contributed by atoms with Crippen LogP contribution in [0.15, 0.2) is 47.7 Å². The van der Waals surface area contributed by atoms with Crippen LogP contribution < -0.4 is 5.56 Å². The summed E-state index contributed by atoms with van der Waals surface area (Å²) in [6, 6.07) is 12.1. The third kappa shape index (κ3) is 3.61. The molecule has 8 heteroatoms. The largest absolute Gasteiger partial charge is 0.353 e. The number of benzene rings is 1. The monoisotopic (exact) mass is 523 g/mol. The van der Waals surface area contributed by atoms with Crippen LogP contribution >= 0.6 is 0 Å². The van der Waals surface area contributed by atoms with Crippen molar-refractivity contribution in [2.45, 2.75) is 69.0 Å². The number of likely N-dealkylation sites (N-methyl/N-ethyl adjacent to an activating group) is 1. The number of pyridine rings is 1. The van der Waals surface area contributed by atoms with Crippen LogP contribution in [0.5, 0.6) is 0 Å². The van der Waals surface area contributed by atoms with Crippen molar-refractivity contribution >= 4 is 10.9 Å². The van der Waals surface area contributed by atoms with Gasteiger partial charge in [-0.2, -0.15) is 0 Å². The number of nitrogens with one attached hydrogen (secondary N) is 1. The fourth-order valence-corrected chi connectivity index (χ4v) is 8.00. The molecule has 1 aromatic carbocycles. The maximum Gasteiger partial charge on any atom is 0.279 e. The lowest BCUT2D eigenvalue weighted by molar-refractivity contribution is 0.142. The van der Waals surface area contributed by atoms with Gasteiger partial charge in [0, 0.05) is 61.7 Å². The van der Waals surface area contributed by atoms with E-state index >= 15 is 0 Å². The Bertz CT molecular complexity index is 1630. The van der Waals surface area contributed by atoms with E-state index in [1.807, 2.05) is 16.2 Å². The van der Waals surface area contributed by atoms with Gasteiger partial charge in [-0.3, -0.25) is 14.3 Å². The van der Waals surface area contributed by atoms with Crippen LogP contribution in [-0.4, -0.2) is 66.3 Å². The molecule has 0 amide bonds. The van der Waals surface area contributed by atoms with E-state index in [1.54, 1.807) is 6.33 Å². The Labute approximate surface area is 228 Å². The zero-order valence-electron chi connectivity index (χ0n) is 23.1. The van der Waals surface area contributed by atoms with E-state index in [0.717, 1.165) is 60.6 Å². The summed E-state index contributed by atoms with van der Waals surface area (Å²) in [6.45, 7) is 5.46. The van der Waals surface area contributed by atoms with Crippen LogP contribution in [0.2, 0.25) is 0 Å². The molecule has 8 nitrogen and oxygen atoms in total. The smallest absolute Gasteiger partial charge is 0.279 e. The molecule has 2 saturated heterocycles. The van der Waals surface area contributed by atoms with Crippen LogP contribution in [0, 0.1) is 5.92 Å². The summed E-state index contributed by atoms with van der Waals surface area (Å²) < 4.78 is 3.94. The first-order valence-electron chi connectivity index (χ1n) is 14.6. The molecule has 2 bridgehead atoms. The molecule has 1 N–H and O–H groups in total. The highest BCUT2D eigenvalue weighted by Gasteiger charge is 2.48. The third-order valence-corrected chi connectivity index (χ3v) is 10.1. The minimum Gasteiger partial charge on any atom is -0.353 e. The molecule has 8 rings (SSSR count). The van der Waals surface area contributed by atoms with Crippen molar-refractivity contribution in [2.24, 2.45) is 13.0 Å². The van der Waals surface area contributed by atoms with Gasteiger partial charge < -0.3 is 14.5 Å². The first-order chi connectivity index (χ1) is 18.9. The number of likely N-dealkylation sites (tertiary alicyclic amines) is 2. The number of hydrogen-bond acceptors (Lipinski definition) is 5. The van der Waals surface area contributed by atoms with Crippen molar-refractivity contribution in [1.82, 2.24) is 34.1 Å².